The van der Waals surface area contributed by atoms with Crippen molar-refractivity contribution >= 4 is 0 Å². The first-order chi connectivity index (χ1) is 9.83. The molecule has 1 aromatic rings. The van der Waals surface area contributed by atoms with Crippen LogP contribution in [0.5, 0.6) is 0 Å². The minimum Gasteiger partial charge on any atom is -0.381 e. The number of aryl methyl sites for hydroxylation is 1. The third kappa shape index (κ3) is 4.58. The highest BCUT2D eigenvalue weighted by Crippen LogP contribution is 2.18. The van der Waals surface area contributed by atoms with E-state index < -0.39 is 0 Å². The molecule has 0 aliphatic carbocycles. The third-order valence-corrected chi connectivity index (χ3v) is 4.12. The fraction of sp³-hybridized carbons (Fsp3) is 0.647. The molecule has 1 aliphatic rings. The van der Waals surface area contributed by atoms with E-state index in [0.29, 0.717) is 5.92 Å². The molecule has 0 aromatic heterocycles. The summed E-state index contributed by atoms with van der Waals surface area (Å²) < 4.78 is 11.3. The van der Waals surface area contributed by atoms with Crippen LogP contribution in [0.1, 0.15) is 36.9 Å². The molecule has 3 nitrogen and oxygen atoms in total. The van der Waals surface area contributed by atoms with Crippen LogP contribution in [0.15, 0.2) is 24.3 Å². The van der Waals surface area contributed by atoms with Crippen LogP contribution in [0, 0.1) is 5.92 Å². The Bertz CT molecular complexity index is 371. The van der Waals surface area contributed by atoms with Crippen molar-refractivity contribution in [3.63, 3.8) is 0 Å². The van der Waals surface area contributed by atoms with Gasteiger partial charge in [0.2, 0.25) is 0 Å². The van der Waals surface area contributed by atoms with Gasteiger partial charge in [0.15, 0.2) is 0 Å². The Labute approximate surface area is 122 Å². The fourth-order valence-corrected chi connectivity index (χ4v) is 2.60. The summed E-state index contributed by atoms with van der Waals surface area (Å²) in [4.78, 5) is 0. The maximum absolute atomic E-state index is 5.92. The average molecular weight is 277 g/mol. The smallest absolute Gasteiger partial charge is 0.0661 e. The van der Waals surface area contributed by atoms with Crippen LogP contribution in [0.25, 0.3) is 0 Å². The maximum Gasteiger partial charge on any atom is 0.0661 e. The zero-order chi connectivity index (χ0) is 14.2. The van der Waals surface area contributed by atoms with Gasteiger partial charge in [0.1, 0.15) is 0 Å². The van der Waals surface area contributed by atoms with E-state index >= 15 is 0 Å². The molecule has 0 bridgehead atoms. The minimum absolute atomic E-state index is 0.278. The largest absolute Gasteiger partial charge is 0.381 e. The van der Waals surface area contributed by atoms with Crippen molar-refractivity contribution in [1.82, 2.24) is 5.32 Å². The number of rotatable bonds is 7. The molecule has 0 spiro atoms. The summed E-state index contributed by atoms with van der Waals surface area (Å²) in [5.74, 6) is 0.670. The molecular formula is C17H27NO2. The Morgan fingerprint density at radius 3 is 2.55 bits per heavy atom. The van der Waals surface area contributed by atoms with Gasteiger partial charge in [-0.1, -0.05) is 31.2 Å². The average Bonchev–Trinajstić information content (AvgIpc) is 2.53. The lowest BCUT2D eigenvalue weighted by Gasteiger charge is -2.23. The highest BCUT2D eigenvalue weighted by molar-refractivity contribution is 5.25. The molecule has 112 valence electrons. The van der Waals surface area contributed by atoms with Crippen LogP contribution in [-0.2, 0) is 15.9 Å². The van der Waals surface area contributed by atoms with E-state index in [1.807, 2.05) is 7.05 Å². The van der Waals surface area contributed by atoms with Gasteiger partial charge in [0, 0.05) is 19.8 Å². The van der Waals surface area contributed by atoms with Crippen molar-refractivity contribution in [2.45, 2.75) is 32.2 Å². The molecule has 0 amide bonds. The maximum atomic E-state index is 5.92. The zero-order valence-corrected chi connectivity index (χ0v) is 12.7. The molecule has 1 saturated heterocycles. The van der Waals surface area contributed by atoms with Gasteiger partial charge >= 0.3 is 0 Å². The summed E-state index contributed by atoms with van der Waals surface area (Å²) in [5, 5.41) is 3.34. The topological polar surface area (TPSA) is 30.5 Å². The molecule has 3 heteroatoms. The SMILES string of the molecule is CCc1ccc(C(COCC2CCOCC2)NC)cc1. The lowest BCUT2D eigenvalue weighted by atomic mass is 10.0. The second-order valence-corrected chi connectivity index (χ2v) is 5.53. The molecule has 1 fully saturated rings. The van der Waals surface area contributed by atoms with Gasteiger partial charge in [0.25, 0.3) is 0 Å². The predicted molar refractivity (Wildman–Crippen MR) is 82.0 cm³/mol. The summed E-state index contributed by atoms with van der Waals surface area (Å²) in [5.41, 5.74) is 2.68. The van der Waals surface area contributed by atoms with Gasteiger partial charge in [-0.15, -0.1) is 0 Å². The molecule has 1 aromatic carbocycles. The Morgan fingerprint density at radius 2 is 1.95 bits per heavy atom. The Kier molecular flexibility index (Phi) is 6.51. The van der Waals surface area contributed by atoms with Crippen LogP contribution in [-0.4, -0.2) is 33.5 Å². The van der Waals surface area contributed by atoms with Crippen LogP contribution < -0.4 is 5.32 Å². The zero-order valence-electron chi connectivity index (χ0n) is 12.7. The molecule has 2 rings (SSSR count). The second-order valence-electron chi connectivity index (χ2n) is 5.53. The number of ether oxygens (including phenoxy) is 2. The molecule has 1 heterocycles. The van der Waals surface area contributed by atoms with E-state index in [2.05, 4.69) is 36.5 Å². The summed E-state index contributed by atoms with van der Waals surface area (Å²) >= 11 is 0. The van der Waals surface area contributed by atoms with E-state index in [1.165, 1.54) is 11.1 Å². The van der Waals surface area contributed by atoms with E-state index in [0.717, 1.165) is 45.7 Å². The molecule has 1 aliphatic heterocycles. The predicted octanol–water partition coefficient (Wildman–Crippen LogP) is 2.95. The fourth-order valence-electron chi connectivity index (χ4n) is 2.60. The standard InChI is InChI=1S/C17H27NO2/c1-3-14-4-6-16(7-5-14)17(18-2)13-20-12-15-8-10-19-11-9-15/h4-7,15,17-18H,3,8-13H2,1-2H3. The number of benzene rings is 1. The number of nitrogens with one attached hydrogen (secondary N) is 1. The summed E-state index contributed by atoms with van der Waals surface area (Å²) in [7, 11) is 2.00. The van der Waals surface area contributed by atoms with Crippen molar-refractivity contribution in [3.8, 4) is 0 Å². The van der Waals surface area contributed by atoms with Gasteiger partial charge in [-0.05, 0) is 43.4 Å². The molecule has 1 unspecified atom stereocenters. The number of likely N-dealkylation sites (N-methyl/N-ethyl adjacent to an activating group) is 1. The first-order valence-electron chi connectivity index (χ1n) is 7.75. The Morgan fingerprint density at radius 1 is 1.25 bits per heavy atom. The Balaban J connectivity index is 1.78. The molecular weight excluding hydrogens is 250 g/mol. The number of hydrogen-bond acceptors (Lipinski definition) is 3. The normalized spacial score (nSPS) is 18.1. The van der Waals surface area contributed by atoms with Crippen molar-refractivity contribution in [2.75, 3.05) is 33.5 Å². The van der Waals surface area contributed by atoms with Crippen LogP contribution in [0.4, 0.5) is 0 Å². The van der Waals surface area contributed by atoms with Crippen molar-refractivity contribution in [3.05, 3.63) is 35.4 Å². The van der Waals surface area contributed by atoms with Gasteiger partial charge in [-0.3, -0.25) is 0 Å². The Hall–Kier alpha value is -0.900. The van der Waals surface area contributed by atoms with Gasteiger partial charge in [-0.25, -0.2) is 0 Å². The van der Waals surface area contributed by atoms with E-state index in [-0.39, 0.29) is 6.04 Å². The summed E-state index contributed by atoms with van der Waals surface area (Å²) in [6.07, 6.45) is 3.36. The van der Waals surface area contributed by atoms with Crippen molar-refractivity contribution in [1.29, 1.82) is 0 Å². The van der Waals surface area contributed by atoms with Crippen molar-refractivity contribution < 1.29 is 9.47 Å². The molecule has 20 heavy (non-hydrogen) atoms. The van der Waals surface area contributed by atoms with E-state index in [1.54, 1.807) is 0 Å². The summed E-state index contributed by atoms with van der Waals surface area (Å²) in [6.45, 7) is 5.55. The van der Waals surface area contributed by atoms with Gasteiger partial charge in [-0.2, -0.15) is 0 Å². The van der Waals surface area contributed by atoms with Crippen LogP contribution >= 0.6 is 0 Å². The van der Waals surface area contributed by atoms with Gasteiger partial charge < -0.3 is 14.8 Å². The second kappa shape index (κ2) is 8.40. The highest BCUT2D eigenvalue weighted by atomic mass is 16.5. The molecule has 0 radical (unpaired) electrons. The lowest BCUT2D eigenvalue weighted by Crippen LogP contribution is -2.25. The van der Waals surface area contributed by atoms with Crippen molar-refractivity contribution in [2.24, 2.45) is 5.92 Å². The molecule has 1 atom stereocenters. The lowest BCUT2D eigenvalue weighted by molar-refractivity contribution is 0.0156. The third-order valence-electron chi connectivity index (χ3n) is 4.12. The van der Waals surface area contributed by atoms with E-state index in [4.69, 9.17) is 9.47 Å². The van der Waals surface area contributed by atoms with E-state index in [9.17, 15) is 0 Å². The van der Waals surface area contributed by atoms with Crippen LogP contribution in [0.3, 0.4) is 0 Å². The summed E-state index contributed by atoms with van der Waals surface area (Å²) in [6, 6.07) is 9.10. The van der Waals surface area contributed by atoms with Crippen LogP contribution in [0.2, 0.25) is 0 Å². The number of hydrogen-bond donors (Lipinski definition) is 1. The quantitative estimate of drug-likeness (QED) is 0.831. The van der Waals surface area contributed by atoms with Gasteiger partial charge in [0.05, 0.1) is 12.6 Å². The highest BCUT2D eigenvalue weighted by Gasteiger charge is 2.15. The monoisotopic (exact) mass is 277 g/mol. The first-order valence-corrected chi connectivity index (χ1v) is 7.75. The first kappa shape index (κ1) is 15.5. The molecule has 1 N–H and O–H groups in total. The molecule has 0 saturated carbocycles. The minimum atomic E-state index is 0.278.